The molecule has 2 aromatic heterocycles. The highest BCUT2D eigenvalue weighted by atomic mass is 32.1. The lowest BCUT2D eigenvalue weighted by Gasteiger charge is -2.10. The summed E-state index contributed by atoms with van der Waals surface area (Å²) in [6.45, 7) is 1.71. The zero-order chi connectivity index (χ0) is 13.3. The SMILES string of the molecule is CC(CC(N)=O)Nc1nc2sccn2c1[N+](=O)[O-]. The topological polar surface area (TPSA) is 116 Å². The molecule has 0 saturated carbocycles. The summed E-state index contributed by atoms with van der Waals surface area (Å²) in [6, 6.07) is -0.314. The smallest absolute Gasteiger partial charge is 0.370 e. The van der Waals surface area contributed by atoms with Crippen LogP contribution < -0.4 is 11.1 Å². The normalized spacial score (nSPS) is 12.5. The molecule has 0 bridgehead atoms. The van der Waals surface area contributed by atoms with Crippen molar-refractivity contribution in [3.63, 3.8) is 0 Å². The Morgan fingerprint density at radius 2 is 2.50 bits per heavy atom. The number of hydrogen-bond donors (Lipinski definition) is 2. The van der Waals surface area contributed by atoms with Crippen molar-refractivity contribution in [3.8, 4) is 0 Å². The van der Waals surface area contributed by atoms with Crippen LogP contribution >= 0.6 is 11.3 Å². The predicted molar refractivity (Wildman–Crippen MR) is 66.6 cm³/mol. The Kier molecular flexibility index (Phi) is 3.15. The number of nitrogens with zero attached hydrogens (tertiary/aromatic N) is 3. The first-order valence-corrected chi connectivity index (χ1v) is 6.01. The molecule has 0 fully saturated rings. The molecule has 18 heavy (non-hydrogen) atoms. The molecule has 96 valence electrons. The van der Waals surface area contributed by atoms with Gasteiger partial charge in [-0.05, 0) is 11.8 Å². The second-order valence-corrected chi connectivity index (χ2v) is 4.69. The van der Waals surface area contributed by atoms with Crippen molar-refractivity contribution in [2.24, 2.45) is 5.73 Å². The second-order valence-electron chi connectivity index (χ2n) is 3.81. The lowest BCUT2D eigenvalue weighted by atomic mass is 10.2. The van der Waals surface area contributed by atoms with Crippen molar-refractivity contribution in [1.82, 2.24) is 9.38 Å². The summed E-state index contributed by atoms with van der Waals surface area (Å²) in [5.74, 6) is -0.457. The van der Waals surface area contributed by atoms with Crippen LogP contribution in [0, 0.1) is 10.1 Å². The fourth-order valence-corrected chi connectivity index (χ4v) is 2.34. The number of carbonyl (C=O) groups excluding carboxylic acids is 1. The fourth-order valence-electron chi connectivity index (χ4n) is 1.63. The van der Waals surface area contributed by atoms with E-state index < -0.39 is 10.8 Å². The van der Waals surface area contributed by atoms with Gasteiger partial charge in [0.15, 0.2) is 0 Å². The minimum Gasteiger partial charge on any atom is -0.370 e. The molecule has 0 radical (unpaired) electrons. The number of primary amides is 1. The van der Waals surface area contributed by atoms with Gasteiger partial charge in [-0.3, -0.25) is 4.79 Å². The Hall–Kier alpha value is -2.16. The highest BCUT2D eigenvalue weighted by molar-refractivity contribution is 7.15. The van der Waals surface area contributed by atoms with Gasteiger partial charge in [0.1, 0.15) is 6.20 Å². The van der Waals surface area contributed by atoms with E-state index in [9.17, 15) is 14.9 Å². The van der Waals surface area contributed by atoms with E-state index in [4.69, 9.17) is 5.73 Å². The standard InChI is InChI=1S/C9H11N5O3S/c1-5(4-6(10)15)11-7-8(14(16)17)13-2-3-18-9(13)12-7/h2-3,5,11H,4H2,1H3,(H2,10,15). The fraction of sp³-hybridized carbons (Fsp3) is 0.333. The van der Waals surface area contributed by atoms with Crippen LogP contribution in [0.4, 0.5) is 11.6 Å². The van der Waals surface area contributed by atoms with E-state index in [1.54, 1.807) is 18.5 Å². The Labute approximate surface area is 106 Å². The molecule has 1 atom stereocenters. The van der Waals surface area contributed by atoms with Crippen molar-refractivity contribution in [2.45, 2.75) is 19.4 Å². The van der Waals surface area contributed by atoms with Crippen LogP contribution in [-0.4, -0.2) is 26.3 Å². The highest BCUT2D eigenvalue weighted by Gasteiger charge is 2.24. The molecule has 2 aromatic rings. The monoisotopic (exact) mass is 269 g/mol. The van der Waals surface area contributed by atoms with Crippen LogP contribution in [0.25, 0.3) is 4.96 Å². The number of carbonyl (C=O) groups is 1. The number of nitrogens with two attached hydrogens (primary N) is 1. The van der Waals surface area contributed by atoms with E-state index in [1.165, 1.54) is 15.7 Å². The maximum atomic E-state index is 11.0. The van der Waals surface area contributed by atoms with E-state index >= 15 is 0 Å². The van der Waals surface area contributed by atoms with Gasteiger partial charge in [-0.1, -0.05) is 11.3 Å². The first kappa shape index (κ1) is 12.3. The van der Waals surface area contributed by atoms with Crippen molar-refractivity contribution < 1.29 is 9.72 Å². The molecule has 3 N–H and O–H groups in total. The van der Waals surface area contributed by atoms with Crippen LogP contribution in [0.3, 0.4) is 0 Å². The maximum Gasteiger partial charge on any atom is 0.372 e. The van der Waals surface area contributed by atoms with Gasteiger partial charge in [0, 0.05) is 17.8 Å². The summed E-state index contributed by atoms with van der Waals surface area (Å²) in [5.41, 5.74) is 5.06. The third-order valence-electron chi connectivity index (χ3n) is 2.30. The summed E-state index contributed by atoms with van der Waals surface area (Å²) in [4.78, 5) is 25.9. The summed E-state index contributed by atoms with van der Waals surface area (Å²) in [7, 11) is 0. The number of thiazole rings is 1. The lowest BCUT2D eigenvalue weighted by Crippen LogP contribution is -2.24. The van der Waals surface area contributed by atoms with Crippen molar-refractivity contribution >= 4 is 33.8 Å². The maximum absolute atomic E-state index is 11.0. The molecule has 9 heteroatoms. The van der Waals surface area contributed by atoms with E-state index in [0.717, 1.165) is 0 Å². The van der Waals surface area contributed by atoms with Crippen molar-refractivity contribution in [3.05, 3.63) is 21.7 Å². The first-order valence-electron chi connectivity index (χ1n) is 5.14. The highest BCUT2D eigenvalue weighted by Crippen LogP contribution is 2.28. The number of rotatable bonds is 5. The third-order valence-corrected chi connectivity index (χ3v) is 3.06. The molecule has 1 unspecified atom stereocenters. The number of hydrogen-bond acceptors (Lipinski definition) is 6. The number of aromatic nitrogens is 2. The van der Waals surface area contributed by atoms with Crippen molar-refractivity contribution in [2.75, 3.05) is 5.32 Å². The zero-order valence-corrected chi connectivity index (χ0v) is 10.3. The number of nitrogens with one attached hydrogen (secondary N) is 1. The summed E-state index contributed by atoms with van der Waals surface area (Å²) in [5, 5.41) is 15.6. The van der Waals surface area contributed by atoms with Gasteiger partial charge in [-0.15, -0.1) is 0 Å². The molecular weight excluding hydrogens is 258 g/mol. The van der Waals surface area contributed by atoms with Crippen molar-refractivity contribution in [1.29, 1.82) is 0 Å². The van der Waals surface area contributed by atoms with Crippen LogP contribution in [0.2, 0.25) is 0 Å². The number of amides is 1. The van der Waals surface area contributed by atoms with Gasteiger partial charge < -0.3 is 21.2 Å². The van der Waals surface area contributed by atoms with Crippen LogP contribution in [0.1, 0.15) is 13.3 Å². The van der Waals surface area contributed by atoms with Gasteiger partial charge in [0.2, 0.25) is 11.7 Å². The lowest BCUT2D eigenvalue weighted by molar-refractivity contribution is -0.389. The molecule has 0 aliphatic rings. The Bertz CT molecular complexity index is 604. The molecule has 0 aliphatic carbocycles. The molecule has 2 heterocycles. The number of imidazole rings is 1. The molecule has 0 aromatic carbocycles. The molecule has 0 spiro atoms. The Morgan fingerprint density at radius 1 is 1.78 bits per heavy atom. The minimum absolute atomic E-state index is 0.0856. The van der Waals surface area contributed by atoms with E-state index in [2.05, 4.69) is 10.3 Å². The quantitative estimate of drug-likeness (QED) is 0.620. The Morgan fingerprint density at radius 3 is 3.11 bits per heavy atom. The minimum atomic E-state index is -0.508. The van der Waals surface area contributed by atoms with Gasteiger partial charge in [-0.25, -0.2) is 0 Å². The zero-order valence-electron chi connectivity index (χ0n) is 9.49. The van der Waals surface area contributed by atoms with Gasteiger partial charge >= 0.3 is 5.82 Å². The van der Waals surface area contributed by atoms with Crippen LogP contribution in [-0.2, 0) is 4.79 Å². The summed E-state index contributed by atoms with van der Waals surface area (Å²) < 4.78 is 1.39. The van der Waals surface area contributed by atoms with E-state index in [-0.39, 0.29) is 24.1 Å². The number of anilines is 1. The van der Waals surface area contributed by atoms with Gasteiger partial charge in [-0.2, -0.15) is 9.38 Å². The molecular formula is C9H11N5O3S. The number of fused-ring (bicyclic) bond motifs is 1. The predicted octanol–water partition coefficient (Wildman–Crippen LogP) is 0.980. The third kappa shape index (κ3) is 2.25. The Balaban J connectivity index is 2.32. The molecule has 1 amide bonds. The molecule has 0 saturated heterocycles. The first-order chi connectivity index (χ1) is 8.49. The molecule has 2 rings (SSSR count). The summed E-state index contributed by atoms with van der Waals surface area (Å²) >= 11 is 1.30. The number of nitro groups is 1. The molecule has 8 nitrogen and oxygen atoms in total. The van der Waals surface area contributed by atoms with Gasteiger partial charge in [0.25, 0.3) is 4.96 Å². The van der Waals surface area contributed by atoms with Crippen LogP contribution in [0.15, 0.2) is 11.6 Å². The second kappa shape index (κ2) is 4.61. The van der Waals surface area contributed by atoms with E-state index in [0.29, 0.717) is 4.96 Å². The van der Waals surface area contributed by atoms with E-state index in [1.807, 2.05) is 0 Å². The van der Waals surface area contributed by atoms with Gasteiger partial charge in [0.05, 0.1) is 0 Å². The average Bonchev–Trinajstić information content (AvgIpc) is 2.74. The summed E-state index contributed by atoms with van der Waals surface area (Å²) in [6.07, 6.45) is 1.66. The van der Waals surface area contributed by atoms with Crippen LogP contribution in [0.5, 0.6) is 0 Å². The average molecular weight is 269 g/mol. The molecule has 0 aliphatic heterocycles. The largest absolute Gasteiger partial charge is 0.372 e.